The van der Waals surface area contributed by atoms with E-state index >= 15 is 0 Å². The van der Waals surface area contributed by atoms with Crippen LogP contribution in [0.4, 0.5) is 0 Å². The van der Waals surface area contributed by atoms with Crippen LogP contribution in [0.2, 0.25) is 10.0 Å². The minimum atomic E-state index is -4.15. The molecule has 2 aromatic carbocycles. The number of aromatic nitrogens is 3. The predicted octanol–water partition coefficient (Wildman–Crippen LogP) is 5.02. The highest BCUT2D eigenvalue weighted by Crippen LogP contribution is 2.43. The summed E-state index contributed by atoms with van der Waals surface area (Å²) in [5, 5.41) is 21.6. The number of ether oxygens (including phenoxy) is 1. The van der Waals surface area contributed by atoms with Gasteiger partial charge in [0.25, 0.3) is 15.9 Å². The van der Waals surface area contributed by atoms with Crippen LogP contribution in [0, 0.1) is 39.0 Å². The Morgan fingerprint density at radius 2 is 1.64 bits per heavy atom. The van der Waals surface area contributed by atoms with Crippen molar-refractivity contribution in [2.24, 2.45) is 5.92 Å². The molecule has 14 nitrogen and oxygen atoms in total. The zero-order valence-corrected chi connectivity index (χ0v) is 33.8. The first-order valence-electron chi connectivity index (χ1n) is 17.3. The number of guanidine groups is 1. The maximum Gasteiger partial charge on any atom is 0.291 e. The number of rotatable bonds is 14. The number of carbonyl (C=O) groups excluding carboxylic acids is 3. The highest BCUT2D eigenvalue weighted by Gasteiger charge is 2.37. The van der Waals surface area contributed by atoms with Gasteiger partial charge in [-0.1, -0.05) is 37.0 Å². The second-order valence-corrected chi connectivity index (χ2v) is 16.9. The van der Waals surface area contributed by atoms with E-state index in [1.807, 2.05) is 34.6 Å². The van der Waals surface area contributed by atoms with E-state index in [9.17, 15) is 22.8 Å². The monoisotopic (exact) mass is 790 g/mol. The molecule has 1 aliphatic rings. The molecule has 0 fully saturated rings. The third kappa shape index (κ3) is 10.1. The van der Waals surface area contributed by atoms with Crippen LogP contribution in [0.5, 0.6) is 5.75 Å². The Balaban J connectivity index is 1.46. The smallest absolute Gasteiger partial charge is 0.291 e. The van der Waals surface area contributed by atoms with Crippen LogP contribution in [0.1, 0.15) is 92.6 Å². The van der Waals surface area contributed by atoms with Crippen molar-refractivity contribution in [1.29, 1.82) is 5.41 Å². The highest BCUT2D eigenvalue weighted by molar-refractivity contribution is 7.90. The van der Waals surface area contributed by atoms with Gasteiger partial charge in [-0.2, -0.15) is 0 Å². The van der Waals surface area contributed by atoms with E-state index in [0.29, 0.717) is 51.3 Å². The Morgan fingerprint density at radius 3 is 2.25 bits per heavy atom. The highest BCUT2D eigenvalue weighted by atomic mass is 35.5. The van der Waals surface area contributed by atoms with E-state index in [0.717, 1.165) is 11.1 Å². The number of benzene rings is 2. The Hall–Kier alpha value is -4.21. The van der Waals surface area contributed by atoms with Crippen molar-refractivity contribution in [2.45, 2.75) is 111 Å². The molecule has 2 atom stereocenters. The summed E-state index contributed by atoms with van der Waals surface area (Å²) in [4.78, 5) is 43.7. The molecule has 5 N–H and O–H groups in total. The fourth-order valence-corrected chi connectivity index (χ4v) is 8.38. The number of nitrogens with zero attached hydrogens (tertiary/aromatic N) is 3. The normalized spacial score (nSPS) is 14.6. The molecule has 2 amide bonds. The number of sulfonamides is 1. The van der Waals surface area contributed by atoms with Crippen LogP contribution < -0.4 is 25.4 Å². The number of nitrogens with one attached hydrogen (secondary N) is 5. The van der Waals surface area contributed by atoms with Crippen LogP contribution in [0.15, 0.2) is 23.1 Å². The van der Waals surface area contributed by atoms with E-state index in [-0.39, 0.29) is 41.8 Å². The number of hydrogen-bond donors (Lipinski definition) is 5. The second-order valence-electron chi connectivity index (χ2n) is 14.4. The lowest BCUT2D eigenvalue weighted by molar-refractivity contribution is -0.128. The fourth-order valence-electron chi connectivity index (χ4n) is 6.34. The maximum absolute atomic E-state index is 13.6. The van der Waals surface area contributed by atoms with Crippen molar-refractivity contribution in [2.75, 3.05) is 6.54 Å². The number of fused-ring (bicyclic) bond motifs is 1. The van der Waals surface area contributed by atoms with Gasteiger partial charge in [0.15, 0.2) is 5.78 Å². The van der Waals surface area contributed by atoms with Crippen molar-refractivity contribution >= 4 is 56.8 Å². The molecule has 4 rings (SSSR count). The molecule has 1 aliphatic heterocycles. The Bertz CT molecular complexity index is 2030. The van der Waals surface area contributed by atoms with Crippen molar-refractivity contribution in [3.8, 4) is 11.4 Å². The third-order valence-electron chi connectivity index (χ3n) is 8.97. The zero-order chi connectivity index (χ0) is 39.6. The molecule has 17 heteroatoms. The van der Waals surface area contributed by atoms with E-state index in [1.165, 1.54) is 11.6 Å². The molecule has 0 spiro atoms. The number of Topliss-reactive ketones (excluding diaryl/α,β-unsaturated/α-hetero) is 1. The molecule has 0 radical (unpaired) electrons. The van der Waals surface area contributed by atoms with E-state index in [1.54, 1.807) is 39.0 Å². The van der Waals surface area contributed by atoms with Gasteiger partial charge in [-0.25, -0.2) is 22.8 Å². The lowest BCUT2D eigenvalue weighted by atomic mass is 9.94. The summed E-state index contributed by atoms with van der Waals surface area (Å²) in [7, 11) is -4.15. The summed E-state index contributed by atoms with van der Waals surface area (Å²) in [5.74, 6) is -1.03. The molecule has 0 saturated heterocycles. The first-order valence-corrected chi connectivity index (χ1v) is 19.5. The van der Waals surface area contributed by atoms with Crippen LogP contribution in [-0.4, -0.2) is 71.0 Å². The van der Waals surface area contributed by atoms with Crippen LogP contribution >= 0.6 is 23.2 Å². The van der Waals surface area contributed by atoms with Crippen molar-refractivity contribution in [3.63, 3.8) is 0 Å². The molecule has 53 heavy (non-hydrogen) atoms. The average molecular weight is 792 g/mol. The van der Waals surface area contributed by atoms with Crippen LogP contribution in [0.3, 0.4) is 0 Å². The predicted molar refractivity (Wildman–Crippen MR) is 204 cm³/mol. The quantitative estimate of drug-likeness (QED) is 0.0846. The summed E-state index contributed by atoms with van der Waals surface area (Å²) < 4.78 is 37.0. The Labute approximate surface area is 320 Å². The van der Waals surface area contributed by atoms with Gasteiger partial charge in [0.2, 0.25) is 17.7 Å². The fraction of sp³-hybridized carbons (Fsp3) is 0.500. The van der Waals surface area contributed by atoms with Gasteiger partial charge >= 0.3 is 0 Å². The molecule has 0 aliphatic carbocycles. The third-order valence-corrected chi connectivity index (χ3v) is 11.0. The molecule has 2 heterocycles. The number of ketones is 1. The largest absolute Gasteiger partial charge is 0.487 e. The van der Waals surface area contributed by atoms with Gasteiger partial charge < -0.3 is 20.7 Å². The molecule has 0 unspecified atom stereocenters. The SMILES string of the molecule is CC(=O)[C@@H](CC(C)C)NC(=O)[C@H](CCCNC(=N)NS(=O)(=O)c1c(C)c(C)c2c(c1C)CC(C)(C)O2)NC(=O)c1nc(C)n(-c2cc(Cl)cc(Cl)c2)n1. The number of halogens is 2. The molecular formula is C36H48Cl2N8O6S. The minimum Gasteiger partial charge on any atom is -0.487 e. The standard InChI is InChI=1S/C36H48Cl2N8O6S/c1-18(2)13-29(22(6)47)43-33(48)28(42-34(49)32-41-23(7)46(44-32)26-15-24(37)14-25(38)16-26)11-10-12-40-35(39)45-53(50,51)31-20(4)19(3)30-27(21(31)5)17-36(8,9)52-30/h14-16,18,28-29H,10-13,17H2,1-9H3,(H,42,49)(H,43,48)(H3,39,40,45)/t28-,29+/m0/s1. The lowest BCUT2D eigenvalue weighted by Crippen LogP contribution is -2.52. The number of amides is 2. The molecule has 288 valence electrons. The summed E-state index contributed by atoms with van der Waals surface area (Å²) in [6.45, 7) is 16.1. The molecule has 3 aromatic rings. The molecule has 1 aromatic heterocycles. The van der Waals surface area contributed by atoms with Gasteiger partial charge in [0, 0.05) is 28.6 Å². The van der Waals surface area contributed by atoms with Crippen molar-refractivity contribution < 1.29 is 27.5 Å². The Morgan fingerprint density at radius 1 is 1.00 bits per heavy atom. The first-order chi connectivity index (χ1) is 24.6. The summed E-state index contributed by atoms with van der Waals surface area (Å²) in [6.07, 6.45) is 1.25. The maximum atomic E-state index is 13.6. The molecule has 0 saturated carbocycles. The van der Waals surface area contributed by atoms with E-state index < -0.39 is 45.5 Å². The van der Waals surface area contributed by atoms with Crippen LogP contribution in [-0.2, 0) is 26.0 Å². The number of carbonyl (C=O) groups is 3. The summed E-state index contributed by atoms with van der Waals surface area (Å²) in [5.41, 5.74) is 2.69. The van der Waals surface area contributed by atoms with Gasteiger partial charge in [-0.15, -0.1) is 5.10 Å². The van der Waals surface area contributed by atoms with Gasteiger partial charge in [-0.3, -0.25) is 19.8 Å². The first kappa shape index (κ1) is 41.5. The molecule has 0 bridgehead atoms. The van der Waals surface area contributed by atoms with Crippen LogP contribution in [0.25, 0.3) is 5.69 Å². The molecular weight excluding hydrogens is 743 g/mol. The van der Waals surface area contributed by atoms with Crippen molar-refractivity contribution in [3.05, 3.63) is 62.1 Å². The van der Waals surface area contributed by atoms with E-state index in [4.69, 9.17) is 33.3 Å². The number of hydrogen-bond acceptors (Lipinski definition) is 9. The summed E-state index contributed by atoms with van der Waals surface area (Å²) in [6, 6.07) is 2.89. The average Bonchev–Trinajstić information content (AvgIpc) is 3.59. The Kier molecular flexibility index (Phi) is 12.9. The minimum absolute atomic E-state index is 0.0680. The number of aryl methyl sites for hydroxylation is 1. The lowest BCUT2D eigenvalue weighted by Gasteiger charge is -2.23. The second kappa shape index (κ2) is 16.4. The van der Waals surface area contributed by atoms with Gasteiger partial charge in [0.1, 0.15) is 23.2 Å². The topological polar surface area (TPSA) is 197 Å². The summed E-state index contributed by atoms with van der Waals surface area (Å²) >= 11 is 12.3. The zero-order valence-electron chi connectivity index (χ0n) is 31.5. The van der Waals surface area contributed by atoms with E-state index in [2.05, 4.69) is 30.8 Å². The van der Waals surface area contributed by atoms with Crippen molar-refractivity contribution in [1.82, 2.24) is 35.4 Å². The van der Waals surface area contributed by atoms with Gasteiger partial charge in [-0.05, 0) is 109 Å². The van der Waals surface area contributed by atoms with Gasteiger partial charge in [0.05, 0.1) is 16.6 Å².